The van der Waals surface area contributed by atoms with Crippen LogP contribution in [0.15, 0.2) is 11.6 Å². The zero-order chi connectivity index (χ0) is 26.1. The fourth-order valence-electron chi connectivity index (χ4n) is 9.30. The molecule has 0 saturated heterocycles. The average Bonchev–Trinajstić information content (AvgIpc) is 3.16. The second-order valence-corrected chi connectivity index (χ2v) is 14.6. The van der Waals surface area contributed by atoms with Crippen LogP contribution in [0.4, 0.5) is 4.79 Å². The first-order valence-electron chi connectivity index (χ1n) is 15.6. The molecule has 0 radical (unpaired) electrons. The van der Waals surface area contributed by atoms with Crippen LogP contribution < -0.4 is 0 Å². The third-order valence-corrected chi connectivity index (χ3v) is 11.4. The van der Waals surface area contributed by atoms with E-state index in [1.165, 1.54) is 51.4 Å². The predicted octanol–water partition coefficient (Wildman–Crippen LogP) is 9.60. The van der Waals surface area contributed by atoms with Gasteiger partial charge in [-0.05, 0) is 104 Å². The molecule has 0 spiro atoms. The van der Waals surface area contributed by atoms with Crippen LogP contribution in [0.2, 0.25) is 0 Å². The Bertz CT molecular complexity index is 784. The molecule has 0 unspecified atom stereocenters. The van der Waals surface area contributed by atoms with Gasteiger partial charge >= 0.3 is 6.16 Å². The number of hydrogen-bond donors (Lipinski definition) is 0. The molecule has 3 fully saturated rings. The van der Waals surface area contributed by atoms with E-state index in [4.69, 9.17) is 9.47 Å². The van der Waals surface area contributed by atoms with Gasteiger partial charge in [0.15, 0.2) is 0 Å². The molecule has 4 aliphatic rings. The molecule has 36 heavy (non-hydrogen) atoms. The first-order valence-corrected chi connectivity index (χ1v) is 15.6. The van der Waals surface area contributed by atoms with Crippen molar-refractivity contribution in [1.29, 1.82) is 0 Å². The molecule has 3 saturated carbocycles. The van der Waals surface area contributed by atoms with Gasteiger partial charge in [0.05, 0.1) is 6.61 Å². The SMILES string of the molecule is CC(C)CCC[C@@H](C)[C@@H]1CC[C@@H]2[C@H]3CC=C4C[C@@H](OC(=O)OCCC(C)C)CC[C@]4(C)[C@@H]3CC[C@@]21C. The summed E-state index contributed by atoms with van der Waals surface area (Å²) in [5.41, 5.74) is 2.42. The second-order valence-electron chi connectivity index (χ2n) is 14.6. The number of hydrogen-bond acceptors (Lipinski definition) is 3. The zero-order valence-corrected chi connectivity index (χ0v) is 24.6. The normalized spacial score (nSPS) is 38.7. The van der Waals surface area contributed by atoms with Crippen LogP contribution in [0, 0.1) is 52.3 Å². The number of fused-ring (bicyclic) bond motifs is 5. The van der Waals surface area contributed by atoms with Gasteiger partial charge < -0.3 is 9.47 Å². The summed E-state index contributed by atoms with van der Waals surface area (Å²) in [4.78, 5) is 12.2. The smallest absolute Gasteiger partial charge is 0.434 e. The number of carbonyl (C=O) groups excluding carboxylic acids is 1. The number of ether oxygens (including phenoxy) is 2. The van der Waals surface area contributed by atoms with Crippen LogP contribution >= 0.6 is 0 Å². The first-order chi connectivity index (χ1) is 17.0. The molecule has 8 atom stereocenters. The van der Waals surface area contributed by atoms with E-state index in [1.54, 1.807) is 5.57 Å². The van der Waals surface area contributed by atoms with Gasteiger partial charge in [-0.1, -0.05) is 79.4 Å². The van der Waals surface area contributed by atoms with Crippen molar-refractivity contribution in [2.45, 2.75) is 132 Å². The van der Waals surface area contributed by atoms with Crippen LogP contribution in [0.1, 0.15) is 126 Å². The summed E-state index contributed by atoms with van der Waals surface area (Å²) in [7, 11) is 0. The lowest BCUT2D eigenvalue weighted by Crippen LogP contribution is -2.51. The maximum absolute atomic E-state index is 12.2. The highest BCUT2D eigenvalue weighted by Gasteiger charge is 2.59. The molecule has 0 amide bonds. The minimum atomic E-state index is -0.466. The van der Waals surface area contributed by atoms with E-state index in [9.17, 15) is 4.79 Å². The topological polar surface area (TPSA) is 35.5 Å². The fourth-order valence-corrected chi connectivity index (χ4v) is 9.30. The number of carbonyl (C=O) groups is 1. The van der Waals surface area contributed by atoms with Gasteiger partial charge in [0.1, 0.15) is 6.10 Å². The Hall–Kier alpha value is -0.990. The van der Waals surface area contributed by atoms with E-state index in [0.29, 0.717) is 23.4 Å². The third-order valence-electron chi connectivity index (χ3n) is 11.4. The van der Waals surface area contributed by atoms with Gasteiger partial charge in [-0.25, -0.2) is 4.79 Å². The summed E-state index contributed by atoms with van der Waals surface area (Å²) >= 11 is 0. The molecule has 3 heteroatoms. The molecule has 0 heterocycles. The minimum absolute atomic E-state index is 0.0103. The van der Waals surface area contributed by atoms with Crippen LogP contribution in [-0.2, 0) is 9.47 Å². The number of rotatable bonds is 9. The maximum atomic E-state index is 12.2. The molecule has 0 aromatic carbocycles. The minimum Gasteiger partial charge on any atom is -0.434 e. The molecular formula is C33H56O3. The van der Waals surface area contributed by atoms with Gasteiger partial charge in [-0.2, -0.15) is 0 Å². The third kappa shape index (κ3) is 5.70. The van der Waals surface area contributed by atoms with Crippen molar-refractivity contribution in [1.82, 2.24) is 0 Å². The molecular weight excluding hydrogens is 444 g/mol. The predicted molar refractivity (Wildman–Crippen MR) is 149 cm³/mol. The molecule has 206 valence electrons. The van der Waals surface area contributed by atoms with E-state index in [-0.39, 0.29) is 6.10 Å². The quantitative estimate of drug-likeness (QED) is 0.233. The molecule has 0 aromatic heterocycles. The van der Waals surface area contributed by atoms with Gasteiger partial charge in [0, 0.05) is 6.42 Å². The van der Waals surface area contributed by atoms with Crippen LogP contribution in [0.25, 0.3) is 0 Å². The van der Waals surface area contributed by atoms with Crippen molar-refractivity contribution in [3.05, 3.63) is 11.6 Å². The molecule has 0 N–H and O–H groups in total. The van der Waals surface area contributed by atoms with E-state index < -0.39 is 6.16 Å². The highest BCUT2D eigenvalue weighted by Crippen LogP contribution is 2.67. The van der Waals surface area contributed by atoms with Gasteiger partial charge in [-0.3, -0.25) is 0 Å². The fraction of sp³-hybridized carbons (Fsp3) is 0.909. The highest BCUT2D eigenvalue weighted by atomic mass is 16.7. The van der Waals surface area contributed by atoms with Crippen molar-refractivity contribution in [3.8, 4) is 0 Å². The Labute approximate surface area is 222 Å². The summed E-state index contributed by atoms with van der Waals surface area (Å²) in [6.45, 7) is 17.3. The highest BCUT2D eigenvalue weighted by molar-refractivity contribution is 5.60. The van der Waals surface area contributed by atoms with E-state index in [1.807, 2.05) is 0 Å². The van der Waals surface area contributed by atoms with Gasteiger partial charge in [0.25, 0.3) is 0 Å². The Kier molecular flexibility index (Phi) is 8.88. The summed E-state index contributed by atoms with van der Waals surface area (Å²) < 4.78 is 11.1. The van der Waals surface area contributed by atoms with Crippen molar-refractivity contribution in [2.24, 2.45) is 52.3 Å². The second kappa shape index (κ2) is 11.4. The van der Waals surface area contributed by atoms with E-state index in [0.717, 1.165) is 61.2 Å². The van der Waals surface area contributed by atoms with Crippen molar-refractivity contribution in [2.75, 3.05) is 6.61 Å². The first kappa shape index (κ1) is 28.0. The zero-order valence-electron chi connectivity index (χ0n) is 24.6. The van der Waals surface area contributed by atoms with Crippen molar-refractivity contribution >= 4 is 6.16 Å². The summed E-state index contributed by atoms with van der Waals surface area (Å²) in [5.74, 6) is 5.71. The average molecular weight is 501 g/mol. The lowest BCUT2D eigenvalue weighted by atomic mass is 9.47. The Morgan fingerprint density at radius 1 is 0.944 bits per heavy atom. The largest absolute Gasteiger partial charge is 0.508 e. The molecule has 4 rings (SSSR count). The summed E-state index contributed by atoms with van der Waals surface area (Å²) in [6, 6.07) is 0. The Balaban J connectivity index is 1.37. The Morgan fingerprint density at radius 2 is 1.69 bits per heavy atom. The summed E-state index contributed by atoms with van der Waals surface area (Å²) in [5, 5.41) is 0. The Morgan fingerprint density at radius 3 is 2.42 bits per heavy atom. The molecule has 0 bridgehead atoms. The van der Waals surface area contributed by atoms with Crippen LogP contribution in [-0.4, -0.2) is 18.9 Å². The van der Waals surface area contributed by atoms with E-state index >= 15 is 0 Å². The molecule has 0 aliphatic heterocycles. The van der Waals surface area contributed by atoms with E-state index in [2.05, 4.69) is 54.5 Å². The molecule has 3 nitrogen and oxygen atoms in total. The van der Waals surface area contributed by atoms with Gasteiger partial charge in [0.2, 0.25) is 0 Å². The van der Waals surface area contributed by atoms with Crippen LogP contribution in [0.3, 0.4) is 0 Å². The van der Waals surface area contributed by atoms with Crippen LogP contribution in [0.5, 0.6) is 0 Å². The lowest BCUT2D eigenvalue weighted by Gasteiger charge is -2.58. The monoisotopic (exact) mass is 500 g/mol. The van der Waals surface area contributed by atoms with Crippen molar-refractivity contribution in [3.63, 3.8) is 0 Å². The summed E-state index contributed by atoms with van der Waals surface area (Å²) in [6.07, 6.45) is 17.2. The molecule has 0 aromatic rings. The van der Waals surface area contributed by atoms with Crippen molar-refractivity contribution < 1.29 is 14.3 Å². The van der Waals surface area contributed by atoms with Gasteiger partial charge in [-0.15, -0.1) is 0 Å². The maximum Gasteiger partial charge on any atom is 0.508 e. The number of allylic oxidation sites excluding steroid dienone is 1. The lowest BCUT2D eigenvalue weighted by molar-refractivity contribution is -0.0618. The molecule has 4 aliphatic carbocycles. The standard InChI is InChI=1S/C33H56O3/c1-22(2)9-8-10-24(5)28-13-14-29-27-12-11-25-21-26(36-31(34)35-20-17-23(3)4)15-18-32(25,6)30(27)16-19-33(28,29)7/h11,22-24,26-30H,8-10,12-21H2,1-7H3/t24-,26+,27-,28+,29-,30-,32+,33-/m1/s1.